The smallest absolute Gasteiger partial charge is 0.203 e. The zero-order valence-corrected chi connectivity index (χ0v) is 13.5. The van der Waals surface area contributed by atoms with Crippen molar-refractivity contribution in [3.8, 4) is 27.8 Å². The molecule has 0 amide bonds. The predicted molar refractivity (Wildman–Crippen MR) is 84.6 cm³/mol. The van der Waals surface area contributed by atoms with Crippen LogP contribution in [0.1, 0.15) is 11.8 Å². The lowest BCUT2D eigenvalue weighted by atomic mass is 10.2. The molecule has 0 radical (unpaired) electrons. The Bertz CT molecular complexity index is 573. The van der Waals surface area contributed by atoms with E-state index in [4.69, 9.17) is 14.2 Å². The van der Waals surface area contributed by atoms with Crippen LogP contribution in [-0.2, 0) is 6.54 Å². The number of thiazole rings is 1. The van der Waals surface area contributed by atoms with Crippen molar-refractivity contribution >= 4 is 11.3 Å². The normalized spacial score (nSPS) is 10.5. The molecule has 0 unspecified atom stereocenters. The molecule has 0 saturated heterocycles. The fourth-order valence-electron chi connectivity index (χ4n) is 1.98. The molecule has 0 aliphatic heterocycles. The molecule has 1 aromatic carbocycles. The van der Waals surface area contributed by atoms with Gasteiger partial charge in [-0.1, -0.05) is 6.92 Å². The number of benzene rings is 1. The highest BCUT2D eigenvalue weighted by atomic mass is 32.1. The Kier molecular flexibility index (Phi) is 5.41. The first kappa shape index (κ1) is 15.6. The fourth-order valence-corrected chi connectivity index (χ4v) is 2.84. The van der Waals surface area contributed by atoms with E-state index in [1.807, 2.05) is 18.3 Å². The van der Waals surface area contributed by atoms with Crippen LogP contribution in [0.5, 0.6) is 17.2 Å². The molecular weight excluding hydrogens is 288 g/mol. The Morgan fingerprint density at radius 2 is 1.76 bits per heavy atom. The number of hydrogen-bond donors (Lipinski definition) is 1. The van der Waals surface area contributed by atoms with Crippen LogP contribution in [0.25, 0.3) is 10.6 Å². The summed E-state index contributed by atoms with van der Waals surface area (Å²) >= 11 is 1.65. The van der Waals surface area contributed by atoms with Crippen molar-refractivity contribution in [2.45, 2.75) is 13.5 Å². The Labute approximate surface area is 128 Å². The lowest BCUT2D eigenvalue weighted by Gasteiger charge is -2.13. The first-order chi connectivity index (χ1) is 10.2. The second-order valence-electron chi connectivity index (χ2n) is 4.33. The van der Waals surface area contributed by atoms with Crippen LogP contribution in [0.15, 0.2) is 18.3 Å². The summed E-state index contributed by atoms with van der Waals surface area (Å²) in [6.45, 7) is 3.86. The second-order valence-corrected chi connectivity index (χ2v) is 5.44. The fraction of sp³-hybridized carbons (Fsp3) is 0.400. The summed E-state index contributed by atoms with van der Waals surface area (Å²) in [7, 11) is 4.82. The molecule has 1 heterocycles. The third-order valence-corrected chi connectivity index (χ3v) is 4.06. The highest BCUT2D eigenvalue weighted by Gasteiger charge is 2.15. The largest absolute Gasteiger partial charge is 0.493 e. The number of ether oxygens (including phenoxy) is 3. The van der Waals surface area contributed by atoms with E-state index in [0.29, 0.717) is 17.2 Å². The van der Waals surface area contributed by atoms with Crippen molar-refractivity contribution in [3.63, 3.8) is 0 Å². The van der Waals surface area contributed by atoms with Crippen molar-refractivity contribution in [2.75, 3.05) is 27.9 Å². The van der Waals surface area contributed by atoms with E-state index in [1.54, 1.807) is 32.7 Å². The molecule has 6 heteroatoms. The van der Waals surface area contributed by atoms with Crippen LogP contribution in [0.3, 0.4) is 0 Å². The molecule has 2 rings (SSSR count). The SMILES string of the molecule is CCNCc1cnc(-c2cc(OC)c(OC)c(OC)c2)s1. The molecule has 0 spiro atoms. The van der Waals surface area contributed by atoms with Crippen molar-refractivity contribution in [3.05, 3.63) is 23.2 Å². The highest BCUT2D eigenvalue weighted by molar-refractivity contribution is 7.15. The van der Waals surface area contributed by atoms with Crippen LogP contribution in [0.4, 0.5) is 0 Å². The van der Waals surface area contributed by atoms with E-state index in [-0.39, 0.29) is 0 Å². The number of nitrogens with zero attached hydrogens (tertiary/aromatic N) is 1. The maximum Gasteiger partial charge on any atom is 0.203 e. The standard InChI is InChI=1S/C15H20N2O3S/c1-5-16-8-11-9-17-15(21-11)10-6-12(18-2)14(20-4)13(7-10)19-3/h6-7,9,16H,5,8H2,1-4H3. The molecule has 0 aliphatic rings. The second kappa shape index (κ2) is 7.28. The zero-order valence-electron chi connectivity index (χ0n) is 12.7. The summed E-state index contributed by atoms with van der Waals surface area (Å²) in [5.74, 6) is 1.86. The number of nitrogens with one attached hydrogen (secondary N) is 1. The number of rotatable bonds is 7. The maximum atomic E-state index is 5.37. The van der Waals surface area contributed by atoms with Crippen molar-refractivity contribution < 1.29 is 14.2 Å². The molecule has 0 atom stereocenters. The molecule has 1 N–H and O–H groups in total. The van der Waals surface area contributed by atoms with Gasteiger partial charge in [0.2, 0.25) is 5.75 Å². The first-order valence-electron chi connectivity index (χ1n) is 6.69. The molecule has 0 aliphatic carbocycles. The summed E-state index contributed by atoms with van der Waals surface area (Å²) in [5, 5.41) is 4.23. The molecule has 114 valence electrons. The quantitative estimate of drug-likeness (QED) is 0.852. The highest BCUT2D eigenvalue weighted by Crippen LogP contribution is 2.41. The summed E-state index contributed by atoms with van der Waals surface area (Å²) in [5.41, 5.74) is 0.956. The van der Waals surface area contributed by atoms with Gasteiger partial charge in [0.25, 0.3) is 0 Å². The van der Waals surface area contributed by atoms with Crippen LogP contribution < -0.4 is 19.5 Å². The number of aromatic nitrogens is 1. The van der Waals surface area contributed by atoms with Gasteiger partial charge in [-0.2, -0.15) is 0 Å². The van der Waals surface area contributed by atoms with Gasteiger partial charge in [0.1, 0.15) is 5.01 Å². The van der Waals surface area contributed by atoms with Crippen molar-refractivity contribution in [1.29, 1.82) is 0 Å². The maximum absolute atomic E-state index is 5.37. The van der Waals surface area contributed by atoms with E-state index < -0.39 is 0 Å². The van der Waals surface area contributed by atoms with E-state index in [0.717, 1.165) is 23.7 Å². The topological polar surface area (TPSA) is 52.6 Å². The van der Waals surface area contributed by atoms with Gasteiger partial charge in [-0.15, -0.1) is 11.3 Å². The Hall–Kier alpha value is -1.79. The molecule has 2 aromatic rings. The van der Waals surface area contributed by atoms with E-state index in [2.05, 4.69) is 17.2 Å². The summed E-state index contributed by atoms with van der Waals surface area (Å²) in [6, 6.07) is 3.83. The lowest BCUT2D eigenvalue weighted by Crippen LogP contribution is -2.10. The van der Waals surface area contributed by atoms with Crippen LogP contribution >= 0.6 is 11.3 Å². The van der Waals surface area contributed by atoms with Crippen molar-refractivity contribution in [2.24, 2.45) is 0 Å². The molecule has 0 bridgehead atoms. The van der Waals surface area contributed by atoms with Gasteiger partial charge < -0.3 is 19.5 Å². The lowest BCUT2D eigenvalue weighted by molar-refractivity contribution is 0.324. The minimum absolute atomic E-state index is 0.591. The zero-order chi connectivity index (χ0) is 15.2. The van der Waals surface area contributed by atoms with Crippen molar-refractivity contribution in [1.82, 2.24) is 10.3 Å². The predicted octanol–water partition coefficient (Wildman–Crippen LogP) is 2.95. The molecule has 0 saturated carbocycles. The van der Waals surface area contributed by atoms with E-state index >= 15 is 0 Å². The number of hydrogen-bond acceptors (Lipinski definition) is 6. The third-order valence-electron chi connectivity index (χ3n) is 3.01. The van der Waals surface area contributed by atoms with Crippen LogP contribution in [0, 0.1) is 0 Å². The summed E-state index contributed by atoms with van der Waals surface area (Å²) in [4.78, 5) is 5.67. The summed E-state index contributed by atoms with van der Waals surface area (Å²) < 4.78 is 16.1. The van der Waals surface area contributed by atoms with Gasteiger partial charge >= 0.3 is 0 Å². The molecule has 21 heavy (non-hydrogen) atoms. The van der Waals surface area contributed by atoms with E-state index in [9.17, 15) is 0 Å². The van der Waals surface area contributed by atoms with Crippen LogP contribution in [-0.4, -0.2) is 32.9 Å². The first-order valence-corrected chi connectivity index (χ1v) is 7.50. The minimum Gasteiger partial charge on any atom is -0.493 e. The molecule has 1 aromatic heterocycles. The third kappa shape index (κ3) is 3.46. The summed E-state index contributed by atoms with van der Waals surface area (Å²) in [6.07, 6.45) is 1.89. The average Bonchev–Trinajstić information content (AvgIpc) is 3.00. The monoisotopic (exact) mass is 308 g/mol. The Morgan fingerprint density at radius 1 is 1.10 bits per heavy atom. The van der Waals surface area contributed by atoms with Gasteiger partial charge in [0, 0.05) is 23.2 Å². The molecule has 5 nitrogen and oxygen atoms in total. The Morgan fingerprint density at radius 3 is 2.29 bits per heavy atom. The Balaban J connectivity index is 2.37. The van der Waals surface area contributed by atoms with Gasteiger partial charge in [-0.25, -0.2) is 4.98 Å². The average molecular weight is 308 g/mol. The van der Waals surface area contributed by atoms with Crippen LogP contribution in [0.2, 0.25) is 0 Å². The number of methoxy groups -OCH3 is 3. The van der Waals surface area contributed by atoms with E-state index in [1.165, 1.54) is 4.88 Å². The van der Waals surface area contributed by atoms with Gasteiger partial charge in [0.15, 0.2) is 11.5 Å². The van der Waals surface area contributed by atoms with Gasteiger partial charge in [-0.05, 0) is 18.7 Å². The van der Waals surface area contributed by atoms with Gasteiger partial charge in [0.05, 0.1) is 21.3 Å². The molecule has 0 fully saturated rings. The minimum atomic E-state index is 0.591. The van der Waals surface area contributed by atoms with Gasteiger partial charge in [-0.3, -0.25) is 0 Å². The molecular formula is C15H20N2O3S.